The molecule has 0 radical (unpaired) electrons. The molecule has 1 heterocycles. The number of carbonyl (C=O) groups excluding carboxylic acids is 1. The molecule has 4 N–H and O–H groups in total. The zero-order valence-electron chi connectivity index (χ0n) is 13.1. The molecule has 1 aliphatic carbocycles. The monoisotopic (exact) mass is 368 g/mol. The highest BCUT2D eigenvalue weighted by atomic mass is 35.5. The summed E-state index contributed by atoms with van der Waals surface area (Å²) < 4.78 is 0. The van der Waals surface area contributed by atoms with Crippen molar-refractivity contribution < 1.29 is 4.79 Å². The van der Waals surface area contributed by atoms with Crippen LogP contribution in [0.5, 0.6) is 0 Å². The molecule has 5 nitrogen and oxygen atoms in total. The smallest absolute Gasteiger partial charge is 0.227 e. The van der Waals surface area contributed by atoms with Crippen LogP contribution in [0.1, 0.15) is 19.3 Å². The average molecular weight is 369 g/mol. The van der Waals surface area contributed by atoms with Crippen molar-refractivity contribution >= 4 is 47.9 Å². The van der Waals surface area contributed by atoms with Gasteiger partial charge in [0.2, 0.25) is 5.91 Å². The van der Waals surface area contributed by atoms with Gasteiger partial charge in [-0.15, -0.1) is 24.8 Å². The third-order valence-corrected chi connectivity index (χ3v) is 3.92. The number of rotatable bonds is 4. The van der Waals surface area contributed by atoms with Crippen LogP contribution in [0.2, 0.25) is 0 Å². The quantitative estimate of drug-likeness (QED) is 0.767. The van der Waals surface area contributed by atoms with Crippen molar-refractivity contribution in [2.75, 3.05) is 10.6 Å². The number of para-hydroxylation sites is 1. The fraction of sp³-hybridized carbons (Fsp3) is 0.294. The van der Waals surface area contributed by atoms with E-state index in [4.69, 9.17) is 5.73 Å². The number of anilines is 3. The molecule has 1 aliphatic rings. The van der Waals surface area contributed by atoms with Gasteiger partial charge in [-0.25, -0.2) is 4.98 Å². The van der Waals surface area contributed by atoms with Crippen molar-refractivity contribution in [2.24, 2.45) is 11.7 Å². The molecule has 1 aromatic heterocycles. The van der Waals surface area contributed by atoms with Gasteiger partial charge in [-0.1, -0.05) is 18.2 Å². The molecule has 1 saturated carbocycles. The van der Waals surface area contributed by atoms with Gasteiger partial charge in [-0.05, 0) is 43.5 Å². The van der Waals surface area contributed by atoms with E-state index in [2.05, 4.69) is 15.6 Å². The molecule has 24 heavy (non-hydrogen) atoms. The number of nitrogens with two attached hydrogens (primary N) is 1. The molecule has 2 unspecified atom stereocenters. The third kappa shape index (κ3) is 5.37. The van der Waals surface area contributed by atoms with Crippen LogP contribution in [-0.2, 0) is 4.79 Å². The lowest BCUT2D eigenvalue weighted by molar-refractivity contribution is -0.119. The first-order valence-corrected chi connectivity index (χ1v) is 7.55. The number of aromatic nitrogens is 1. The summed E-state index contributed by atoms with van der Waals surface area (Å²) in [4.78, 5) is 16.4. The van der Waals surface area contributed by atoms with E-state index in [9.17, 15) is 4.79 Å². The maximum atomic E-state index is 12.1. The first kappa shape index (κ1) is 20.2. The van der Waals surface area contributed by atoms with Crippen LogP contribution in [0, 0.1) is 5.92 Å². The van der Waals surface area contributed by atoms with E-state index in [1.165, 1.54) is 0 Å². The number of nitrogens with one attached hydrogen (secondary N) is 2. The Morgan fingerprint density at radius 2 is 1.79 bits per heavy atom. The summed E-state index contributed by atoms with van der Waals surface area (Å²) in [5.41, 5.74) is 7.54. The highest BCUT2D eigenvalue weighted by molar-refractivity contribution is 5.92. The number of hydrogen-bond acceptors (Lipinski definition) is 4. The Balaban J connectivity index is 0.00000144. The molecular formula is C17H22Cl2N4O. The molecule has 0 bridgehead atoms. The standard InChI is InChI=1S/C17H20N4O.2ClH/c18-13-7-6-12(10-13)17(22)21-15-8-9-16(19-11-15)20-14-4-2-1-3-5-14;;/h1-5,8-9,11-13H,6-7,10,18H2,(H,19,20)(H,21,22);2*1H. The topological polar surface area (TPSA) is 80.0 Å². The summed E-state index contributed by atoms with van der Waals surface area (Å²) in [5, 5.41) is 6.12. The van der Waals surface area contributed by atoms with E-state index in [1.807, 2.05) is 42.5 Å². The molecule has 0 saturated heterocycles. The van der Waals surface area contributed by atoms with Gasteiger partial charge in [-0.3, -0.25) is 4.79 Å². The molecule has 2 aromatic rings. The van der Waals surface area contributed by atoms with Gasteiger partial charge < -0.3 is 16.4 Å². The van der Waals surface area contributed by atoms with E-state index in [-0.39, 0.29) is 42.7 Å². The Morgan fingerprint density at radius 3 is 2.38 bits per heavy atom. The molecule has 0 spiro atoms. The van der Waals surface area contributed by atoms with Crippen LogP contribution >= 0.6 is 24.8 Å². The zero-order valence-corrected chi connectivity index (χ0v) is 14.8. The summed E-state index contributed by atoms with van der Waals surface area (Å²) in [5.74, 6) is 0.808. The molecule has 130 valence electrons. The molecule has 2 atom stereocenters. The van der Waals surface area contributed by atoms with Crippen LogP contribution in [0.15, 0.2) is 48.7 Å². The Labute approximate surface area is 154 Å². The predicted octanol–water partition coefficient (Wildman–Crippen LogP) is 3.73. The van der Waals surface area contributed by atoms with Crippen molar-refractivity contribution in [2.45, 2.75) is 25.3 Å². The van der Waals surface area contributed by atoms with Crippen LogP contribution in [0.3, 0.4) is 0 Å². The van der Waals surface area contributed by atoms with E-state index in [0.29, 0.717) is 5.69 Å². The SMILES string of the molecule is Cl.Cl.NC1CCC(C(=O)Nc2ccc(Nc3ccccc3)nc2)C1. The van der Waals surface area contributed by atoms with Crippen molar-refractivity contribution in [3.63, 3.8) is 0 Å². The number of benzene rings is 1. The molecule has 0 aliphatic heterocycles. The van der Waals surface area contributed by atoms with Gasteiger partial charge in [0.1, 0.15) is 5.82 Å². The summed E-state index contributed by atoms with van der Waals surface area (Å²) in [6.07, 6.45) is 4.23. The van der Waals surface area contributed by atoms with Crippen molar-refractivity contribution in [3.8, 4) is 0 Å². The number of carbonyl (C=O) groups is 1. The number of pyridine rings is 1. The Hall–Kier alpha value is -1.82. The van der Waals surface area contributed by atoms with Crippen LogP contribution < -0.4 is 16.4 Å². The molecule has 1 amide bonds. The van der Waals surface area contributed by atoms with Crippen molar-refractivity contribution in [3.05, 3.63) is 48.7 Å². The van der Waals surface area contributed by atoms with Gasteiger partial charge in [0, 0.05) is 17.6 Å². The molecule has 1 fully saturated rings. The van der Waals surface area contributed by atoms with Gasteiger partial charge in [0.05, 0.1) is 11.9 Å². The minimum atomic E-state index is 0. The number of amides is 1. The van der Waals surface area contributed by atoms with Crippen LogP contribution in [0.25, 0.3) is 0 Å². The normalized spacial score (nSPS) is 18.9. The summed E-state index contributed by atoms with van der Waals surface area (Å²) in [6, 6.07) is 13.7. The zero-order chi connectivity index (χ0) is 15.4. The number of halogens is 2. The lowest BCUT2D eigenvalue weighted by Crippen LogP contribution is -2.23. The maximum Gasteiger partial charge on any atom is 0.227 e. The van der Waals surface area contributed by atoms with Crippen LogP contribution in [-0.4, -0.2) is 16.9 Å². The highest BCUT2D eigenvalue weighted by Crippen LogP contribution is 2.25. The Kier molecular flexibility index (Phi) is 7.98. The van der Waals surface area contributed by atoms with Gasteiger partial charge >= 0.3 is 0 Å². The number of hydrogen-bond donors (Lipinski definition) is 3. The fourth-order valence-corrected chi connectivity index (χ4v) is 2.71. The largest absolute Gasteiger partial charge is 0.340 e. The minimum Gasteiger partial charge on any atom is -0.340 e. The molecule has 1 aromatic carbocycles. The Morgan fingerprint density at radius 1 is 1.04 bits per heavy atom. The summed E-state index contributed by atoms with van der Waals surface area (Å²) in [6.45, 7) is 0. The van der Waals surface area contributed by atoms with Crippen molar-refractivity contribution in [1.29, 1.82) is 0 Å². The lowest BCUT2D eigenvalue weighted by Gasteiger charge is -2.11. The first-order chi connectivity index (χ1) is 10.7. The van der Waals surface area contributed by atoms with Gasteiger partial charge in [0.15, 0.2) is 0 Å². The van der Waals surface area contributed by atoms with E-state index < -0.39 is 0 Å². The van der Waals surface area contributed by atoms with Gasteiger partial charge in [0.25, 0.3) is 0 Å². The molecule has 7 heteroatoms. The van der Waals surface area contributed by atoms with E-state index in [1.54, 1.807) is 6.20 Å². The Bertz CT molecular complexity index is 637. The summed E-state index contributed by atoms with van der Waals surface area (Å²) >= 11 is 0. The second-order valence-electron chi connectivity index (χ2n) is 5.68. The predicted molar refractivity (Wildman–Crippen MR) is 102 cm³/mol. The summed E-state index contributed by atoms with van der Waals surface area (Å²) in [7, 11) is 0. The highest BCUT2D eigenvalue weighted by Gasteiger charge is 2.27. The second-order valence-corrected chi connectivity index (χ2v) is 5.68. The molecular weight excluding hydrogens is 347 g/mol. The van der Waals surface area contributed by atoms with E-state index >= 15 is 0 Å². The second kappa shape index (κ2) is 9.47. The fourth-order valence-electron chi connectivity index (χ4n) is 2.71. The van der Waals surface area contributed by atoms with Crippen LogP contribution in [0.4, 0.5) is 17.2 Å². The van der Waals surface area contributed by atoms with Crippen molar-refractivity contribution in [1.82, 2.24) is 4.98 Å². The van der Waals surface area contributed by atoms with Gasteiger partial charge in [-0.2, -0.15) is 0 Å². The lowest BCUT2D eigenvalue weighted by atomic mass is 10.1. The minimum absolute atomic E-state index is 0. The van der Waals surface area contributed by atoms with E-state index in [0.717, 1.165) is 30.8 Å². The first-order valence-electron chi connectivity index (χ1n) is 7.55. The number of nitrogens with zero attached hydrogens (tertiary/aromatic N) is 1. The molecule has 3 rings (SSSR count). The third-order valence-electron chi connectivity index (χ3n) is 3.92. The average Bonchev–Trinajstić information content (AvgIpc) is 2.97. The maximum absolute atomic E-state index is 12.1.